The molecular weight excluding hydrogens is 292 g/mol. The number of hydrazine groups is 1. The van der Waals surface area contributed by atoms with Gasteiger partial charge < -0.3 is 9.64 Å². The van der Waals surface area contributed by atoms with Gasteiger partial charge in [0.2, 0.25) is 0 Å². The molecule has 4 amide bonds. The van der Waals surface area contributed by atoms with Gasteiger partial charge in [-0.15, -0.1) is 0 Å². The van der Waals surface area contributed by atoms with Crippen molar-refractivity contribution in [2.45, 2.75) is 51.3 Å². The van der Waals surface area contributed by atoms with Gasteiger partial charge in [0.1, 0.15) is 11.6 Å². The fraction of sp³-hybridized carbons (Fsp3) is 0.769. The van der Waals surface area contributed by atoms with Crippen molar-refractivity contribution < 1.29 is 24.3 Å². The largest absolute Gasteiger partial charge is 0.442 e. The number of carbonyl (C=O) groups is 3. The van der Waals surface area contributed by atoms with E-state index in [0.717, 1.165) is 5.01 Å². The Morgan fingerprint density at radius 3 is 2.59 bits per heavy atom. The fourth-order valence-corrected chi connectivity index (χ4v) is 2.54. The summed E-state index contributed by atoms with van der Waals surface area (Å²) in [5.74, 6) is -0.476. The van der Waals surface area contributed by atoms with Crippen LogP contribution < -0.4 is 5.43 Å². The monoisotopic (exact) mass is 314 g/mol. The van der Waals surface area contributed by atoms with Crippen LogP contribution in [0.1, 0.15) is 33.6 Å². The van der Waals surface area contributed by atoms with Crippen LogP contribution in [-0.4, -0.2) is 69.5 Å². The van der Waals surface area contributed by atoms with E-state index >= 15 is 0 Å². The van der Waals surface area contributed by atoms with E-state index < -0.39 is 29.7 Å². The molecular formula is C13H22N4O5. The highest BCUT2D eigenvalue weighted by atomic mass is 16.6. The molecule has 2 saturated heterocycles. The van der Waals surface area contributed by atoms with E-state index in [-0.39, 0.29) is 6.04 Å². The van der Waals surface area contributed by atoms with Crippen LogP contribution in [0.4, 0.5) is 9.59 Å². The number of nitrogens with zero attached hydrogens (tertiary/aromatic N) is 3. The molecule has 1 unspecified atom stereocenters. The molecule has 2 N–H and O–H groups in total. The lowest BCUT2D eigenvalue weighted by molar-refractivity contribution is -0.130. The van der Waals surface area contributed by atoms with Crippen LogP contribution in [0.15, 0.2) is 0 Å². The summed E-state index contributed by atoms with van der Waals surface area (Å²) in [7, 11) is 1.38. The van der Waals surface area contributed by atoms with Crippen molar-refractivity contribution >= 4 is 18.0 Å². The highest BCUT2D eigenvalue weighted by Crippen LogP contribution is 2.28. The number of hydrogen-bond acceptors (Lipinski definition) is 5. The lowest BCUT2D eigenvalue weighted by Crippen LogP contribution is -2.55. The molecule has 2 aliphatic rings. The van der Waals surface area contributed by atoms with Gasteiger partial charge in [-0.05, 0) is 33.6 Å². The Balaban J connectivity index is 1.95. The minimum absolute atomic E-state index is 0.264. The summed E-state index contributed by atoms with van der Waals surface area (Å²) in [5, 5.41) is 11.2. The van der Waals surface area contributed by atoms with Gasteiger partial charge in [0.05, 0.1) is 6.04 Å². The Labute approximate surface area is 128 Å². The first-order valence-corrected chi connectivity index (χ1v) is 7.16. The number of piperidine rings is 1. The Morgan fingerprint density at radius 1 is 1.36 bits per heavy atom. The standard InChI is InChI=1S/C13H22N4O5/c1-13(2,3)22-12(20)15(4)14-10(18)9-6-5-8-7-16(9)11(19)17(8)21/h8-9,21H,5-7H2,1-4H3,(H,14,18)/t8?,9-/m0/s1. The molecule has 2 rings (SSSR count). The van der Waals surface area contributed by atoms with Crippen LogP contribution in [0, 0.1) is 0 Å². The van der Waals surface area contributed by atoms with E-state index in [9.17, 15) is 19.6 Å². The van der Waals surface area contributed by atoms with E-state index in [1.54, 1.807) is 20.8 Å². The Bertz CT molecular complexity index is 489. The predicted molar refractivity (Wildman–Crippen MR) is 74.7 cm³/mol. The maximum absolute atomic E-state index is 12.3. The Morgan fingerprint density at radius 2 is 2.00 bits per heavy atom. The number of fused-ring (bicyclic) bond motifs is 2. The molecule has 0 aromatic rings. The van der Waals surface area contributed by atoms with E-state index in [2.05, 4.69) is 5.43 Å². The second-order valence-corrected chi connectivity index (χ2v) is 6.54. The highest BCUT2D eigenvalue weighted by molar-refractivity contribution is 5.89. The Kier molecular flexibility index (Phi) is 4.19. The third-order valence-electron chi connectivity index (χ3n) is 3.59. The quantitative estimate of drug-likeness (QED) is 0.543. The first-order valence-electron chi connectivity index (χ1n) is 7.16. The smallest absolute Gasteiger partial charge is 0.428 e. The highest BCUT2D eigenvalue weighted by Gasteiger charge is 2.47. The second kappa shape index (κ2) is 5.64. The van der Waals surface area contributed by atoms with E-state index in [1.807, 2.05) is 0 Å². The molecule has 0 aromatic heterocycles. The number of hydroxylamine groups is 2. The molecule has 9 nitrogen and oxygen atoms in total. The summed E-state index contributed by atoms with van der Waals surface area (Å²) in [5.41, 5.74) is 1.75. The van der Waals surface area contributed by atoms with E-state index in [1.165, 1.54) is 11.9 Å². The molecule has 2 fully saturated rings. The van der Waals surface area contributed by atoms with Crippen molar-refractivity contribution in [1.82, 2.24) is 20.4 Å². The minimum Gasteiger partial charge on any atom is -0.442 e. The summed E-state index contributed by atoms with van der Waals surface area (Å²) < 4.78 is 5.13. The van der Waals surface area contributed by atoms with E-state index in [0.29, 0.717) is 24.4 Å². The zero-order valence-electron chi connectivity index (χ0n) is 13.2. The van der Waals surface area contributed by atoms with Crippen LogP contribution in [0.5, 0.6) is 0 Å². The van der Waals surface area contributed by atoms with Gasteiger partial charge in [-0.3, -0.25) is 15.4 Å². The van der Waals surface area contributed by atoms with Crippen molar-refractivity contribution in [2.75, 3.05) is 13.6 Å². The number of ether oxygens (including phenoxy) is 1. The topological polar surface area (TPSA) is 102 Å². The summed E-state index contributed by atoms with van der Waals surface area (Å²) >= 11 is 0. The van der Waals surface area contributed by atoms with Gasteiger partial charge in [-0.25, -0.2) is 19.7 Å². The molecule has 0 spiro atoms. The molecule has 9 heteroatoms. The number of nitrogens with one attached hydrogen (secondary N) is 1. The number of urea groups is 1. The van der Waals surface area contributed by atoms with Crippen LogP contribution in [0.3, 0.4) is 0 Å². The maximum Gasteiger partial charge on any atom is 0.428 e. The van der Waals surface area contributed by atoms with Gasteiger partial charge in [-0.1, -0.05) is 0 Å². The average molecular weight is 314 g/mol. The van der Waals surface area contributed by atoms with Crippen LogP contribution in [0.25, 0.3) is 0 Å². The minimum atomic E-state index is -0.703. The van der Waals surface area contributed by atoms with Crippen LogP contribution in [-0.2, 0) is 9.53 Å². The number of rotatable bonds is 1. The molecule has 2 aliphatic heterocycles. The molecule has 2 atom stereocenters. The molecule has 0 saturated carbocycles. The van der Waals surface area contributed by atoms with Gasteiger partial charge in [-0.2, -0.15) is 0 Å². The van der Waals surface area contributed by atoms with Crippen molar-refractivity contribution in [1.29, 1.82) is 0 Å². The number of carbonyl (C=O) groups excluding carboxylic acids is 3. The lowest BCUT2D eigenvalue weighted by atomic mass is 10.0. The molecule has 22 heavy (non-hydrogen) atoms. The zero-order chi connectivity index (χ0) is 16.7. The van der Waals surface area contributed by atoms with Gasteiger partial charge in [0.15, 0.2) is 0 Å². The fourth-order valence-electron chi connectivity index (χ4n) is 2.54. The summed E-state index contributed by atoms with van der Waals surface area (Å²) in [4.78, 5) is 37.2. The number of amides is 4. The molecule has 2 heterocycles. The molecule has 0 aromatic carbocycles. The van der Waals surface area contributed by atoms with E-state index in [4.69, 9.17) is 4.74 Å². The normalized spacial score (nSPS) is 24.3. The molecule has 124 valence electrons. The molecule has 0 radical (unpaired) electrons. The van der Waals surface area contributed by atoms with Gasteiger partial charge >= 0.3 is 12.1 Å². The van der Waals surface area contributed by atoms with Crippen molar-refractivity contribution in [3.8, 4) is 0 Å². The summed E-state index contributed by atoms with van der Waals surface area (Å²) in [6.07, 6.45) is 0.278. The maximum atomic E-state index is 12.3. The van der Waals surface area contributed by atoms with Gasteiger partial charge in [0, 0.05) is 13.6 Å². The summed E-state index contributed by atoms with van der Waals surface area (Å²) in [6.45, 7) is 5.48. The zero-order valence-corrected chi connectivity index (χ0v) is 13.2. The second-order valence-electron chi connectivity index (χ2n) is 6.54. The molecule has 2 bridgehead atoms. The lowest BCUT2D eigenvalue weighted by Gasteiger charge is -2.31. The van der Waals surface area contributed by atoms with Crippen LogP contribution >= 0.6 is 0 Å². The summed E-state index contributed by atoms with van der Waals surface area (Å²) in [6, 6.07) is -1.55. The van der Waals surface area contributed by atoms with Crippen molar-refractivity contribution in [2.24, 2.45) is 0 Å². The first-order chi connectivity index (χ1) is 10.1. The third kappa shape index (κ3) is 3.24. The van der Waals surface area contributed by atoms with Crippen molar-refractivity contribution in [3.63, 3.8) is 0 Å². The predicted octanol–water partition coefficient (Wildman–Crippen LogP) is 0.542. The van der Waals surface area contributed by atoms with Crippen molar-refractivity contribution in [3.05, 3.63) is 0 Å². The van der Waals surface area contributed by atoms with Crippen LogP contribution in [0.2, 0.25) is 0 Å². The molecule has 0 aliphatic carbocycles. The SMILES string of the molecule is CN(NC(=O)[C@@H]1CCC2CN1C(=O)N2O)C(=O)OC(C)(C)C. The Hall–Kier alpha value is -2.03. The first kappa shape index (κ1) is 16.3. The van der Waals surface area contributed by atoms with Gasteiger partial charge in [0.25, 0.3) is 5.91 Å². The number of hydrogen-bond donors (Lipinski definition) is 2. The average Bonchev–Trinajstić information content (AvgIpc) is 2.62. The third-order valence-corrected chi connectivity index (χ3v) is 3.59.